The molecule has 1 heterocycles. The number of likely N-dealkylation sites (tertiary alicyclic amines) is 1. The number of ether oxygens (including phenoxy) is 1. The Kier molecular flexibility index (Phi) is 3.80. The summed E-state index contributed by atoms with van der Waals surface area (Å²) < 4.78 is 6.00. The smallest absolute Gasteiger partial charge is 0.254 e. The molecule has 3 fully saturated rings. The number of nitrogens with zero attached hydrogens (tertiary/aromatic N) is 1. The van der Waals surface area contributed by atoms with Crippen LogP contribution in [0.4, 0.5) is 0 Å². The van der Waals surface area contributed by atoms with Crippen molar-refractivity contribution < 1.29 is 14.6 Å². The number of carbonyl (C=O) groups is 1. The van der Waals surface area contributed by atoms with E-state index in [2.05, 4.69) is 0 Å². The van der Waals surface area contributed by atoms with Crippen LogP contribution in [0.3, 0.4) is 0 Å². The van der Waals surface area contributed by atoms with Crippen molar-refractivity contribution in [3.63, 3.8) is 0 Å². The molecule has 1 aliphatic heterocycles. The zero-order valence-electron chi connectivity index (χ0n) is 13.5. The summed E-state index contributed by atoms with van der Waals surface area (Å²) in [6, 6.07) is 7.52. The minimum Gasteiger partial charge on any atom is -0.490 e. The molecular formula is C19H25NO3. The van der Waals surface area contributed by atoms with E-state index in [0.717, 1.165) is 31.4 Å². The highest BCUT2D eigenvalue weighted by Gasteiger charge is 2.49. The van der Waals surface area contributed by atoms with Gasteiger partial charge in [0.25, 0.3) is 5.91 Å². The lowest BCUT2D eigenvalue weighted by Crippen LogP contribution is -2.37. The number of carbonyl (C=O) groups excluding carboxylic acids is 1. The number of benzene rings is 1. The second-order valence-electron chi connectivity index (χ2n) is 7.41. The van der Waals surface area contributed by atoms with Crippen LogP contribution in [0, 0.1) is 5.92 Å². The van der Waals surface area contributed by atoms with Crippen LogP contribution < -0.4 is 4.74 Å². The molecule has 0 bridgehead atoms. The normalized spacial score (nSPS) is 28.3. The van der Waals surface area contributed by atoms with Gasteiger partial charge in [0.15, 0.2) is 0 Å². The summed E-state index contributed by atoms with van der Waals surface area (Å²) in [4.78, 5) is 14.5. The second-order valence-corrected chi connectivity index (χ2v) is 7.41. The van der Waals surface area contributed by atoms with Gasteiger partial charge in [0.05, 0.1) is 18.2 Å². The van der Waals surface area contributed by atoms with Crippen molar-refractivity contribution >= 4 is 5.91 Å². The molecule has 0 spiro atoms. The Labute approximate surface area is 137 Å². The van der Waals surface area contributed by atoms with E-state index in [4.69, 9.17) is 4.74 Å². The first-order valence-electron chi connectivity index (χ1n) is 8.92. The Bertz CT molecular complexity index is 592. The van der Waals surface area contributed by atoms with Gasteiger partial charge in [0.2, 0.25) is 0 Å². The number of hydrogen-bond donors (Lipinski definition) is 1. The van der Waals surface area contributed by atoms with Gasteiger partial charge >= 0.3 is 0 Å². The summed E-state index contributed by atoms with van der Waals surface area (Å²) in [5, 5.41) is 10.6. The topological polar surface area (TPSA) is 49.8 Å². The fraction of sp³-hybridized carbons (Fsp3) is 0.632. The van der Waals surface area contributed by atoms with Crippen molar-refractivity contribution in [2.75, 3.05) is 13.1 Å². The predicted molar refractivity (Wildman–Crippen MR) is 87.5 cm³/mol. The highest BCUT2D eigenvalue weighted by molar-refractivity contribution is 5.94. The SMILES string of the molecule is O=C(c1cccc(OC2CCCC2)c1)N1CCC(O)(C2CC2)C1. The largest absolute Gasteiger partial charge is 0.490 e. The van der Waals surface area contributed by atoms with Crippen LogP contribution in [0.5, 0.6) is 5.75 Å². The average molecular weight is 315 g/mol. The van der Waals surface area contributed by atoms with Crippen molar-refractivity contribution in [2.24, 2.45) is 5.92 Å². The first-order valence-corrected chi connectivity index (χ1v) is 8.92. The van der Waals surface area contributed by atoms with Crippen LogP contribution in [0.25, 0.3) is 0 Å². The molecule has 2 aliphatic carbocycles. The van der Waals surface area contributed by atoms with Crippen molar-refractivity contribution in [1.29, 1.82) is 0 Å². The fourth-order valence-corrected chi connectivity index (χ4v) is 4.03. The molecule has 1 N–H and O–H groups in total. The summed E-state index contributed by atoms with van der Waals surface area (Å²) in [6.45, 7) is 1.13. The minimum atomic E-state index is -0.645. The van der Waals surface area contributed by atoms with Crippen molar-refractivity contribution in [3.05, 3.63) is 29.8 Å². The van der Waals surface area contributed by atoms with Crippen LogP contribution >= 0.6 is 0 Å². The van der Waals surface area contributed by atoms with E-state index in [9.17, 15) is 9.90 Å². The highest BCUT2D eigenvalue weighted by Crippen LogP contribution is 2.44. The molecule has 124 valence electrons. The molecule has 0 radical (unpaired) electrons. The lowest BCUT2D eigenvalue weighted by Gasteiger charge is -2.23. The Morgan fingerprint density at radius 1 is 1.22 bits per heavy atom. The summed E-state index contributed by atoms with van der Waals surface area (Å²) in [7, 11) is 0. The third-order valence-electron chi connectivity index (χ3n) is 5.59. The lowest BCUT2D eigenvalue weighted by atomic mass is 9.97. The molecule has 1 atom stereocenters. The zero-order chi connectivity index (χ0) is 15.9. The maximum absolute atomic E-state index is 12.7. The maximum atomic E-state index is 12.7. The molecule has 1 amide bonds. The van der Waals surface area contributed by atoms with Gasteiger partial charge < -0.3 is 14.7 Å². The summed E-state index contributed by atoms with van der Waals surface area (Å²) in [5.41, 5.74) is 0.0219. The molecule has 1 aromatic carbocycles. The molecule has 3 aliphatic rings. The lowest BCUT2D eigenvalue weighted by molar-refractivity contribution is 0.0257. The number of aliphatic hydroxyl groups is 1. The van der Waals surface area contributed by atoms with Crippen LogP contribution in [0.15, 0.2) is 24.3 Å². The van der Waals surface area contributed by atoms with E-state index in [1.54, 1.807) is 4.90 Å². The molecule has 1 saturated heterocycles. The van der Waals surface area contributed by atoms with E-state index < -0.39 is 5.60 Å². The summed E-state index contributed by atoms with van der Waals surface area (Å²) in [5.74, 6) is 1.20. The molecule has 23 heavy (non-hydrogen) atoms. The van der Waals surface area contributed by atoms with E-state index >= 15 is 0 Å². The third kappa shape index (κ3) is 3.09. The first-order chi connectivity index (χ1) is 11.1. The van der Waals surface area contributed by atoms with Gasteiger partial charge in [-0.3, -0.25) is 4.79 Å². The Balaban J connectivity index is 1.43. The minimum absolute atomic E-state index is 0.0125. The zero-order valence-corrected chi connectivity index (χ0v) is 13.5. The van der Waals surface area contributed by atoms with Crippen LogP contribution in [-0.4, -0.2) is 40.7 Å². The monoisotopic (exact) mass is 315 g/mol. The number of hydrogen-bond acceptors (Lipinski definition) is 3. The van der Waals surface area contributed by atoms with Gasteiger partial charge in [-0.25, -0.2) is 0 Å². The second kappa shape index (κ2) is 5.82. The predicted octanol–water partition coefficient (Wildman–Crippen LogP) is 3.00. The van der Waals surface area contributed by atoms with Gasteiger partial charge in [0, 0.05) is 12.1 Å². The standard InChI is InChI=1S/C19H25NO3/c21-18(20-11-10-19(22,13-20)15-8-9-15)14-4-3-7-17(12-14)23-16-5-1-2-6-16/h3-4,7,12,15-16,22H,1-2,5-6,8-11,13H2. The van der Waals surface area contributed by atoms with Crippen molar-refractivity contribution in [1.82, 2.24) is 4.90 Å². The third-order valence-corrected chi connectivity index (χ3v) is 5.59. The number of amides is 1. The first kappa shape index (κ1) is 15.0. The van der Waals surface area contributed by atoms with Gasteiger partial charge in [-0.15, -0.1) is 0 Å². The molecule has 0 aromatic heterocycles. The quantitative estimate of drug-likeness (QED) is 0.929. The Morgan fingerprint density at radius 2 is 2.00 bits per heavy atom. The van der Waals surface area contributed by atoms with Gasteiger partial charge in [-0.1, -0.05) is 6.07 Å². The van der Waals surface area contributed by atoms with E-state index in [1.165, 1.54) is 12.8 Å². The molecule has 4 heteroatoms. The average Bonchev–Trinajstić information content (AvgIpc) is 3.18. The van der Waals surface area contributed by atoms with Crippen LogP contribution in [0.2, 0.25) is 0 Å². The van der Waals surface area contributed by atoms with Crippen LogP contribution in [-0.2, 0) is 0 Å². The molecule has 4 rings (SSSR count). The Hall–Kier alpha value is -1.55. The van der Waals surface area contributed by atoms with Gasteiger partial charge in [0.1, 0.15) is 5.75 Å². The van der Waals surface area contributed by atoms with Crippen LogP contribution in [0.1, 0.15) is 55.3 Å². The van der Waals surface area contributed by atoms with Crippen molar-refractivity contribution in [3.8, 4) is 5.75 Å². The van der Waals surface area contributed by atoms with E-state index in [0.29, 0.717) is 37.1 Å². The fourth-order valence-electron chi connectivity index (χ4n) is 4.03. The maximum Gasteiger partial charge on any atom is 0.254 e. The highest BCUT2D eigenvalue weighted by atomic mass is 16.5. The molecule has 1 unspecified atom stereocenters. The molecule has 2 saturated carbocycles. The van der Waals surface area contributed by atoms with E-state index in [-0.39, 0.29) is 5.91 Å². The molecular weight excluding hydrogens is 290 g/mol. The molecule has 4 nitrogen and oxygen atoms in total. The summed E-state index contributed by atoms with van der Waals surface area (Å²) >= 11 is 0. The van der Waals surface area contributed by atoms with Gasteiger partial charge in [-0.05, 0) is 69.1 Å². The summed E-state index contributed by atoms with van der Waals surface area (Å²) in [6.07, 6.45) is 7.89. The van der Waals surface area contributed by atoms with E-state index in [1.807, 2.05) is 24.3 Å². The Morgan fingerprint density at radius 3 is 2.74 bits per heavy atom. The van der Waals surface area contributed by atoms with Gasteiger partial charge in [-0.2, -0.15) is 0 Å². The number of β-amino-alcohol motifs (C(OH)–C–C–N with tert-alkyl or cyclic N) is 1. The van der Waals surface area contributed by atoms with Crippen molar-refractivity contribution in [2.45, 2.75) is 56.7 Å². The number of rotatable bonds is 4. The molecule has 1 aromatic rings.